The summed E-state index contributed by atoms with van der Waals surface area (Å²) in [5, 5.41) is 12.0. The van der Waals surface area contributed by atoms with Crippen LogP contribution in [0, 0.1) is 16.0 Å². The van der Waals surface area contributed by atoms with Gasteiger partial charge in [0.15, 0.2) is 0 Å². The number of hydrogen-bond donors (Lipinski definition) is 0. The summed E-state index contributed by atoms with van der Waals surface area (Å²) in [6.07, 6.45) is 3.60. The smallest absolute Gasteiger partial charge is 0.373 e. The summed E-state index contributed by atoms with van der Waals surface area (Å²) >= 11 is 5.74. The van der Waals surface area contributed by atoms with Gasteiger partial charge < -0.3 is 14.4 Å². The Hall–Kier alpha value is -3.01. The molecule has 0 unspecified atom stereocenters. The van der Waals surface area contributed by atoms with Gasteiger partial charge in [0.1, 0.15) is 17.2 Å². The van der Waals surface area contributed by atoms with Crippen molar-refractivity contribution in [2.24, 2.45) is 5.92 Å². The number of ether oxygens (including phenoxy) is 2. The van der Waals surface area contributed by atoms with Gasteiger partial charge in [-0.05, 0) is 31.9 Å². The number of carbonyl (C=O) groups excluding carboxylic acids is 1. The minimum Gasteiger partial charge on any atom is -0.466 e. The van der Waals surface area contributed by atoms with E-state index in [0.29, 0.717) is 32.5 Å². The molecule has 0 N–H and O–H groups in total. The molecule has 0 spiro atoms. The van der Waals surface area contributed by atoms with Crippen LogP contribution in [0.4, 0.5) is 11.5 Å². The zero-order valence-corrected chi connectivity index (χ0v) is 15.8. The topological polar surface area (TPSA) is 121 Å². The van der Waals surface area contributed by atoms with Crippen molar-refractivity contribution in [3.8, 4) is 11.6 Å². The second kappa shape index (κ2) is 8.79. The SMILES string of the molecule is CCOC(=O)C1CCN(c2ncnc(Oc3ccc(Cl)nc3)c2[N+](=O)[O-])CC1. The molecule has 2 aromatic rings. The van der Waals surface area contributed by atoms with Crippen LogP contribution in [0.2, 0.25) is 5.15 Å². The lowest BCUT2D eigenvalue weighted by Gasteiger charge is -2.31. The first-order valence-electron chi connectivity index (χ1n) is 8.70. The van der Waals surface area contributed by atoms with E-state index < -0.39 is 4.92 Å². The van der Waals surface area contributed by atoms with Crippen molar-refractivity contribution in [3.05, 3.63) is 39.9 Å². The van der Waals surface area contributed by atoms with E-state index in [9.17, 15) is 14.9 Å². The van der Waals surface area contributed by atoms with Gasteiger partial charge in [-0.15, -0.1) is 0 Å². The molecule has 28 heavy (non-hydrogen) atoms. The number of carbonyl (C=O) groups is 1. The van der Waals surface area contributed by atoms with Crippen molar-refractivity contribution >= 4 is 29.1 Å². The second-order valence-corrected chi connectivity index (χ2v) is 6.43. The Bertz CT molecular complexity index is 856. The van der Waals surface area contributed by atoms with Gasteiger partial charge in [-0.25, -0.2) is 9.97 Å². The second-order valence-electron chi connectivity index (χ2n) is 6.04. The van der Waals surface area contributed by atoms with Crippen LogP contribution in [-0.4, -0.2) is 45.5 Å². The summed E-state index contributed by atoms with van der Waals surface area (Å²) in [4.78, 5) is 36.6. The van der Waals surface area contributed by atoms with Gasteiger partial charge in [0.2, 0.25) is 5.82 Å². The fourth-order valence-electron chi connectivity index (χ4n) is 2.94. The molecule has 2 aromatic heterocycles. The molecule has 0 bridgehead atoms. The highest BCUT2D eigenvalue weighted by atomic mass is 35.5. The Kier molecular flexibility index (Phi) is 6.19. The predicted molar refractivity (Wildman–Crippen MR) is 99.6 cm³/mol. The highest BCUT2D eigenvalue weighted by Gasteiger charge is 2.33. The van der Waals surface area contributed by atoms with Crippen LogP contribution in [0.3, 0.4) is 0 Å². The Morgan fingerprint density at radius 2 is 2.07 bits per heavy atom. The number of halogens is 1. The molecule has 0 aromatic carbocycles. The molecule has 0 atom stereocenters. The minimum atomic E-state index is -0.578. The van der Waals surface area contributed by atoms with E-state index in [1.54, 1.807) is 11.8 Å². The molecule has 1 fully saturated rings. The summed E-state index contributed by atoms with van der Waals surface area (Å²) in [6.45, 7) is 2.96. The number of esters is 1. The monoisotopic (exact) mass is 407 g/mol. The zero-order valence-electron chi connectivity index (χ0n) is 15.1. The van der Waals surface area contributed by atoms with Crippen molar-refractivity contribution in [1.29, 1.82) is 0 Å². The molecule has 0 amide bonds. The minimum absolute atomic E-state index is 0.152. The zero-order chi connectivity index (χ0) is 20.1. The van der Waals surface area contributed by atoms with Crippen molar-refractivity contribution in [3.63, 3.8) is 0 Å². The van der Waals surface area contributed by atoms with Gasteiger partial charge in [-0.2, -0.15) is 4.98 Å². The van der Waals surface area contributed by atoms with Crippen molar-refractivity contribution in [1.82, 2.24) is 15.0 Å². The summed E-state index contributed by atoms with van der Waals surface area (Å²) in [6, 6.07) is 3.04. The van der Waals surface area contributed by atoms with Gasteiger partial charge in [0.05, 0.1) is 23.6 Å². The highest BCUT2D eigenvalue weighted by molar-refractivity contribution is 6.29. The quantitative estimate of drug-likeness (QED) is 0.308. The molecule has 148 valence electrons. The lowest BCUT2D eigenvalue weighted by Crippen LogP contribution is -2.37. The molecule has 1 aliphatic heterocycles. The largest absolute Gasteiger partial charge is 0.466 e. The number of rotatable bonds is 6. The standard InChI is InChI=1S/C17H18ClN5O5/c1-2-27-17(24)11-5-7-22(8-6-11)15-14(23(25)26)16(21-10-20-15)28-12-3-4-13(18)19-9-12/h3-4,9-11H,2,5-8H2,1H3. The van der Waals surface area contributed by atoms with Gasteiger partial charge >= 0.3 is 17.5 Å². The van der Waals surface area contributed by atoms with Gasteiger partial charge in [0, 0.05) is 13.1 Å². The fourth-order valence-corrected chi connectivity index (χ4v) is 3.05. The summed E-state index contributed by atoms with van der Waals surface area (Å²) < 4.78 is 10.6. The summed E-state index contributed by atoms with van der Waals surface area (Å²) in [7, 11) is 0. The number of hydrogen-bond acceptors (Lipinski definition) is 9. The fraction of sp³-hybridized carbons (Fsp3) is 0.412. The molecule has 3 heterocycles. The number of aromatic nitrogens is 3. The molecule has 10 nitrogen and oxygen atoms in total. The molecular formula is C17H18ClN5O5. The van der Waals surface area contributed by atoms with Crippen molar-refractivity contribution in [2.75, 3.05) is 24.6 Å². The summed E-state index contributed by atoms with van der Waals surface area (Å²) in [5.74, 6) is -0.226. The molecular weight excluding hydrogens is 390 g/mol. The first-order valence-corrected chi connectivity index (χ1v) is 9.07. The van der Waals surface area contributed by atoms with Crippen LogP contribution in [0.15, 0.2) is 24.7 Å². The van der Waals surface area contributed by atoms with Crippen molar-refractivity contribution < 1.29 is 19.2 Å². The maximum Gasteiger partial charge on any atom is 0.373 e. The van der Waals surface area contributed by atoms with E-state index in [-0.39, 0.29) is 40.2 Å². The lowest BCUT2D eigenvalue weighted by molar-refractivity contribution is -0.385. The molecule has 1 aliphatic rings. The van der Waals surface area contributed by atoms with Crippen LogP contribution in [0.1, 0.15) is 19.8 Å². The van der Waals surface area contributed by atoms with Gasteiger partial charge in [-0.1, -0.05) is 11.6 Å². The van der Waals surface area contributed by atoms with E-state index in [1.165, 1.54) is 24.7 Å². The average molecular weight is 408 g/mol. The third-order valence-corrected chi connectivity index (χ3v) is 4.50. The number of nitrogens with zero attached hydrogens (tertiary/aromatic N) is 5. The van der Waals surface area contributed by atoms with E-state index in [1.807, 2.05) is 0 Å². The average Bonchev–Trinajstić information content (AvgIpc) is 2.69. The van der Waals surface area contributed by atoms with Crippen molar-refractivity contribution in [2.45, 2.75) is 19.8 Å². The van der Waals surface area contributed by atoms with E-state index in [0.717, 1.165) is 0 Å². The van der Waals surface area contributed by atoms with Gasteiger partial charge in [-0.3, -0.25) is 14.9 Å². The number of pyridine rings is 1. The predicted octanol–water partition coefficient (Wildman–Crippen LogP) is 3.01. The first-order chi connectivity index (χ1) is 13.5. The number of anilines is 1. The van der Waals surface area contributed by atoms with Crippen LogP contribution in [0.25, 0.3) is 0 Å². The first kappa shape index (κ1) is 19.7. The Morgan fingerprint density at radius 1 is 1.32 bits per heavy atom. The molecule has 3 rings (SSSR count). The Morgan fingerprint density at radius 3 is 2.68 bits per heavy atom. The summed E-state index contributed by atoms with van der Waals surface area (Å²) in [5.41, 5.74) is -0.341. The van der Waals surface area contributed by atoms with Crippen LogP contribution in [-0.2, 0) is 9.53 Å². The normalized spacial score (nSPS) is 14.6. The number of nitro groups is 1. The molecule has 0 aliphatic carbocycles. The molecule has 11 heteroatoms. The van der Waals surface area contributed by atoms with E-state index >= 15 is 0 Å². The molecule has 0 saturated carbocycles. The maximum atomic E-state index is 11.9. The van der Waals surface area contributed by atoms with Gasteiger partial charge in [0.25, 0.3) is 0 Å². The van der Waals surface area contributed by atoms with E-state index in [2.05, 4.69) is 15.0 Å². The van der Waals surface area contributed by atoms with Crippen LogP contribution < -0.4 is 9.64 Å². The van der Waals surface area contributed by atoms with Crippen LogP contribution >= 0.6 is 11.6 Å². The lowest BCUT2D eigenvalue weighted by atomic mass is 9.97. The van der Waals surface area contributed by atoms with E-state index in [4.69, 9.17) is 21.1 Å². The third-order valence-electron chi connectivity index (χ3n) is 4.28. The Labute approximate surface area is 165 Å². The van der Waals surface area contributed by atoms with Crippen LogP contribution in [0.5, 0.6) is 11.6 Å². The Balaban J connectivity index is 1.81. The highest BCUT2D eigenvalue weighted by Crippen LogP contribution is 2.37. The maximum absolute atomic E-state index is 11.9. The third kappa shape index (κ3) is 4.45. The molecule has 0 radical (unpaired) electrons. The molecule has 1 saturated heterocycles. The number of piperidine rings is 1.